The SMILES string of the molecule is COc1ccc([C@@H](CN=Cc2c(O)ccc3ccccc23)[NH+](C)C)cc1. The number of likely N-dealkylation sites (N-methyl/N-ethyl adjacent to an activating group) is 1. The van der Waals surface area contributed by atoms with Gasteiger partial charge in [0.05, 0.1) is 27.7 Å². The smallest absolute Gasteiger partial charge is 0.132 e. The molecule has 26 heavy (non-hydrogen) atoms. The number of ether oxygens (including phenoxy) is 1. The minimum atomic E-state index is 0.231. The van der Waals surface area contributed by atoms with Crippen molar-refractivity contribution < 1.29 is 14.7 Å². The normalized spacial score (nSPS) is 12.8. The van der Waals surface area contributed by atoms with E-state index in [0.717, 1.165) is 22.1 Å². The highest BCUT2D eigenvalue weighted by molar-refractivity contribution is 6.02. The van der Waals surface area contributed by atoms with Crippen LogP contribution >= 0.6 is 0 Å². The largest absolute Gasteiger partial charge is 0.507 e. The molecule has 0 saturated heterocycles. The molecule has 0 aromatic heterocycles. The van der Waals surface area contributed by atoms with Gasteiger partial charge in [-0.05, 0) is 41.1 Å². The lowest BCUT2D eigenvalue weighted by atomic mass is 10.0. The number of hydrogen-bond donors (Lipinski definition) is 2. The predicted molar refractivity (Wildman–Crippen MR) is 107 cm³/mol. The number of hydrogen-bond acceptors (Lipinski definition) is 3. The van der Waals surface area contributed by atoms with Gasteiger partial charge in [0, 0.05) is 17.3 Å². The molecule has 2 N–H and O–H groups in total. The third-order valence-electron chi connectivity index (χ3n) is 4.67. The van der Waals surface area contributed by atoms with Crippen molar-refractivity contribution in [3.63, 3.8) is 0 Å². The zero-order valence-corrected chi connectivity index (χ0v) is 15.4. The van der Waals surface area contributed by atoms with Crippen LogP contribution in [0.3, 0.4) is 0 Å². The summed E-state index contributed by atoms with van der Waals surface area (Å²) in [6, 6.07) is 20.0. The number of methoxy groups -OCH3 is 1. The first-order valence-electron chi connectivity index (χ1n) is 8.74. The van der Waals surface area contributed by atoms with E-state index in [1.54, 1.807) is 19.4 Å². The highest BCUT2D eigenvalue weighted by atomic mass is 16.5. The van der Waals surface area contributed by atoms with E-state index < -0.39 is 0 Å². The predicted octanol–water partition coefficient (Wildman–Crippen LogP) is 2.86. The summed E-state index contributed by atoms with van der Waals surface area (Å²) in [5, 5.41) is 12.4. The number of aromatic hydroxyl groups is 1. The zero-order valence-electron chi connectivity index (χ0n) is 15.4. The van der Waals surface area contributed by atoms with Crippen molar-refractivity contribution in [3.05, 3.63) is 71.8 Å². The molecule has 0 aliphatic carbocycles. The third-order valence-corrected chi connectivity index (χ3v) is 4.67. The molecule has 4 heteroatoms. The maximum absolute atomic E-state index is 10.2. The Bertz CT molecular complexity index is 902. The standard InChI is InChI=1S/C22H24N2O2/c1-24(2)21(17-8-11-18(26-3)12-9-17)15-23-14-20-19-7-5-4-6-16(19)10-13-22(20)25/h4-14,21,25H,15H2,1-3H3/p+1/t21-/m1/s1. The summed E-state index contributed by atoms with van der Waals surface area (Å²) < 4.78 is 5.24. The number of phenols is 1. The van der Waals surface area contributed by atoms with Crippen LogP contribution in [0.1, 0.15) is 17.2 Å². The summed E-state index contributed by atoms with van der Waals surface area (Å²) in [5.41, 5.74) is 1.98. The Hall–Kier alpha value is -2.85. The van der Waals surface area contributed by atoms with Crippen molar-refractivity contribution in [2.45, 2.75) is 6.04 Å². The third kappa shape index (κ3) is 3.86. The average molecular weight is 349 g/mol. The number of nitrogens with zero attached hydrogens (tertiary/aromatic N) is 1. The minimum Gasteiger partial charge on any atom is -0.507 e. The summed E-state index contributed by atoms with van der Waals surface area (Å²) in [4.78, 5) is 5.96. The topological polar surface area (TPSA) is 46.3 Å². The van der Waals surface area contributed by atoms with Gasteiger partial charge in [-0.1, -0.05) is 30.3 Å². The lowest BCUT2D eigenvalue weighted by molar-refractivity contribution is -0.890. The van der Waals surface area contributed by atoms with Gasteiger partial charge in [-0.3, -0.25) is 4.99 Å². The van der Waals surface area contributed by atoms with Gasteiger partial charge in [0.1, 0.15) is 17.5 Å². The molecule has 0 radical (unpaired) electrons. The van der Waals surface area contributed by atoms with Crippen LogP contribution in [0.25, 0.3) is 10.8 Å². The molecule has 0 fully saturated rings. The number of quaternary nitrogens is 1. The Labute approximate surface area is 154 Å². The first-order chi connectivity index (χ1) is 12.6. The molecule has 3 rings (SSSR count). The lowest BCUT2D eigenvalue weighted by Crippen LogP contribution is -3.06. The van der Waals surface area contributed by atoms with Gasteiger partial charge in [0.2, 0.25) is 0 Å². The van der Waals surface area contributed by atoms with E-state index in [1.807, 2.05) is 42.5 Å². The van der Waals surface area contributed by atoms with Crippen molar-refractivity contribution in [1.82, 2.24) is 0 Å². The monoisotopic (exact) mass is 349 g/mol. The average Bonchev–Trinajstić information content (AvgIpc) is 2.66. The van der Waals surface area contributed by atoms with Crippen LogP contribution in [0.5, 0.6) is 11.5 Å². The Balaban J connectivity index is 1.84. The molecule has 0 heterocycles. The molecular formula is C22H25N2O2+. The first-order valence-corrected chi connectivity index (χ1v) is 8.74. The van der Waals surface area contributed by atoms with E-state index in [-0.39, 0.29) is 11.8 Å². The highest BCUT2D eigenvalue weighted by Gasteiger charge is 2.17. The van der Waals surface area contributed by atoms with Crippen molar-refractivity contribution >= 4 is 17.0 Å². The highest BCUT2D eigenvalue weighted by Crippen LogP contribution is 2.25. The Kier molecular flexibility index (Phi) is 5.54. The molecule has 3 aromatic rings. The molecule has 0 aliphatic rings. The quantitative estimate of drug-likeness (QED) is 0.672. The number of fused-ring (bicyclic) bond motifs is 1. The van der Waals surface area contributed by atoms with Gasteiger partial charge in [0.15, 0.2) is 0 Å². The van der Waals surface area contributed by atoms with Crippen molar-refractivity contribution in [3.8, 4) is 11.5 Å². The van der Waals surface area contributed by atoms with E-state index in [9.17, 15) is 5.11 Å². The van der Waals surface area contributed by atoms with Crippen LogP contribution in [0.15, 0.2) is 65.7 Å². The van der Waals surface area contributed by atoms with Crippen molar-refractivity contribution in [2.24, 2.45) is 4.99 Å². The summed E-state index contributed by atoms with van der Waals surface area (Å²) >= 11 is 0. The zero-order chi connectivity index (χ0) is 18.5. The number of aliphatic imine (C=N–C) groups is 1. The number of rotatable bonds is 6. The first kappa shape index (κ1) is 18.0. The molecule has 4 nitrogen and oxygen atoms in total. The Morgan fingerprint density at radius 2 is 1.77 bits per heavy atom. The molecule has 0 aliphatic heterocycles. The Morgan fingerprint density at radius 3 is 2.46 bits per heavy atom. The van der Waals surface area contributed by atoms with Gasteiger partial charge in [-0.25, -0.2) is 0 Å². The van der Waals surface area contributed by atoms with Gasteiger partial charge < -0.3 is 14.7 Å². The van der Waals surface area contributed by atoms with Crippen LogP contribution in [-0.4, -0.2) is 39.1 Å². The lowest BCUT2D eigenvalue weighted by Gasteiger charge is -2.20. The van der Waals surface area contributed by atoms with Crippen molar-refractivity contribution in [1.29, 1.82) is 0 Å². The molecule has 1 atom stereocenters. The molecule has 0 spiro atoms. The molecule has 0 amide bonds. The van der Waals surface area contributed by atoms with Crippen LogP contribution in [0, 0.1) is 0 Å². The van der Waals surface area contributed by atoms with Crippen LogP contribution in [0.2, 0.25) is 0 Å². The summed E-state index contributed by atoms with van der Waals surface area (Å²) in [6.07, 6.45) is 1.79. The van der Waals surface area contributed by atoms with Gasteiger partial charge in [0.25, 0.3) is 0 Å². The molecule has 0 bridgehead atoms. The molecular weight excluding hydrogens is 324 g/mol. The van der Waals surface area contributed by atoms with Crippen LogP contribution in [-0.2, 0) is 0 Å². The van der Waals surface area contributed by atoms with E-state index in [0.29, 0.717) is 6.54 Å². The van der Waals surface area contributed by atoms with E-state index in [1.165, 1.54) is 10.5 Å². The number of nitrogens with one attached hydrogen (secondary N) is 1. The second-order valence-corrected chi connectivity index (χ2v) is 6.62. The molecule has 0 saturated carbocycles. The van der Waals surface area contributed by atoms with Crippen LogP contribution < -0.4 is 9.64 Å². The second kappa shape index (κ2) is 8.02. The summed E-state index contributed by atoms with van der Waals surface area (Å²) in [7, 11) is 5.92. The number of benzene rings is 3. The van der Waals surface area contributed by atoms with E-state index in [2.05, 4.69) is 31.2 Å². The van der Waals surface area contributed by atoms with Gasteiger partial charge >= 0.3 is 0 Å². The van der Waals surface area contributed by atoms with Crippen molar-refractivity contribution in [2.75, 3.05) is 27.7 Å². The van der Waals surface area contributed by atoms with Crippen LogP contribution in [0.4, 0.5) is 0 Å². The van der Waals surface area contributed by atoms with Gasteiger partial charge in [-0.2, -0.15) is 0 Å². The molecule has 3 aromatic carbocycles. The minimum absolute atomic E-state index is 0.231. The Morgan fingerprint density at radius 1 is 1.04 bits per heavy atom. The maximum atomic E-state index is 10.2. The molecule has 0 unspecified atom stereocenters. The van der Waals surface area contributed by atoms with Gasteiger partial charge in [-0.15, -0.1) is 0 Å². The second-order valence-electron chi connectivity index (χ2n) is 6.62. The fourth-order valence-corrected chi connectivity index (χ4v) is 3.13. The fraction of sp³-hybridized carbons (Fsp3) is 0.227. The van der Waals surface area contributed by atoms with E-state index >= 15 is 0 Å². The number of phenolic OH excluding ortho intramolecular Hbond substituents is 1. The molecule has 134 valence electrons. The maximum Gasteiger partial charge on any atom is 0.132 e. The summed E-state index contributed by atoms with van der Waals surface area (Å²) in [5.74, 6) is 1.11. The fourth-order valence-electron chi connectivity index (χ4n) is 3.13. The van der Waals surface area contributed by atoms with E-state index in [4.69, 9.17) is 4.74 Å². The summed E-state index contributed by atoms with van der Waals surface area (Å²) in [6.45, 7) is 0.636.